The van der Waals surface area contributed by atoms with E-state index in [0.29, 0.717) is 0 Å². The van der Waals surface area contributed by atoms with Crippen molar-refractivity contribution >= 4 is 39.9 Å². The zero-order valence-electron chi connectivity index (χ0n) is 7.50. The number of rotatable bonds is 5. The molecule has 0 spiro atoms. The Labute approximate surface area is 134 Å². The molecule has 0 unspecified atom stereocenters. The Bertz CT molecular complexity index is 286. The Morgan fingerprint density at radius 1 is 0.786 bits per heavy atom. The van der Waals surface area contributed by atoms with Gasteiger partial charge < -0.3 is 9.11 Å². The van der Waals surface area contributed by atoms with Crippen LogP contribution in [0.25, 0.3) is 0 Å². The van der Waals surface area contributed by atoms with Gasteiger partial charge in [0, 0.05) is 11.5 Å². The van der Waals surface area contributed by atoms with Crippen molar-refractivity contribution in [2.24, 2.45) is 0 Å². The predicted octanol–water partition coefficient (Wildman–Crippen LogP) is -6.62. The SMILES string of the molecule is O=S(=O)([O-])SCCSS(=O)(=O)[O-].[Na+].[Na+]. The van der Waals surface area contributed by atoms with Gasteiger partial charge in [0.1, 0.15) is 18.3 Å². The maximum absolute atomic E-state index is 9.93. The van der Waals surface area contributed by atoms with Crippen LogP contribution in [0, 0.1) is 0 Å². The van der Waals surface area contributed by atoms with Crippen molar-refractivity contribution in [3.63, 3.8) is 0 Å². The second-order valence-corrected chi connectivity index (χ2v) is 8.25. The summed E-state index contributed by atoms with van der Waals surface area (Å²) < 4.78 is 59.6. The third-order valence-corrected chi connectivity index (χ3v) is 4.85. The first kappa shape index (κ1) is 21.8. The average Bonchev–Trinajstić information content (AvgIpc) is 1.76. The molecular weight excluding hydrogens is 294 g/mol. The van der Waals surface area contributed by atoms with Crippen LogP contribution in [0.2, 0.25) is 0 Å². The average molecular weight is 298 g/mol. The van der Waals surface area contributed by atoms with Crippen molar-refractivity contribution in [3.05, 3.63) is 0 Å². The standard InChI is InChI=1S/C2H6O6S4.2Na/c3-11(4,5)9-1-2-10-12(6,7)8;;/h1-2H2,(H,3,4,5)(H,6,7,8);;/q;2*+1/p-2. The molecule has 0 aromatic carbocycles. The molecule has 0 saturated heterocycles. The van der Waals surface area contributed by atoms with E-state index in [2.05, 4.69) is 0 Å². The molecule has 12 heteroatoms. The van der Waals surface area contributed by atoms with Gasteiger partial charge in [-0.2, -0.15) is 0 Å². The summed E-state index contributed by atoms with van der Waals surface area (Å²) in [5.41, 5.74) is 0. The summed E-state index contributed by atoms with van der Waals surface area (Å²) >= 11 is 0. The molecule has 0 bridgehead atoms. The Balaban J connectivity index is -0.000000605. The zero-order valence-corrected chi connectivity index (χ0v) is 14.8. The molecule has 14 heavy (non-hydrogen) atoms. The molecule has 0 amide bonds. The molecule has 0 atom stereocenters. The van der Waals surface area contributed by atoms with Crippen molar-refractivity contribution < 1.29 is 85.1 Å². The fraction of sp³-hybridized carbons (Fsp3) is 1.00. The van der Waals surface area contributed by atoms with E-state index < -0.39 is 18.3 Å². The van der Waals surface area contributed by atoms with Crippen LogP contribution in [-0.4, -0.2) is 37.4 Å². The van der Waals surface area contributed by atoms with Gasteiger partial charge in [0.05, 0.1) is 0 Å². The van der Waals surface area contributed by atoms with Crippen LogP contribution in [0.5, 0.6) is 0 Å². The first-order valence-corrected chi connectivity index (χ1v) is 8.23. The molecule has 0 aliphatic rings. The van der Waals surface area contributed by atoms with E-state index in [-0.39, 0.29) is 92.2 Å². The Morgan fingerprint density at radius 2 is 1.00 bits per heavy atom. The van der Waals surface area contributed by atoms with Gasteiger partial charge in [-0.1, -0.05) is 0 Å². The predicted molar refractivity (Wildman–Crippen MR) is 44.3 cm³/mol. The topological polar surface area (TPSA) is 114 Å². The Hall–Kier alpha value is 2.52. The fourth-order valence-electron chi connectivity index (χ4n) is 0.272. The normalized spacial score (nSPS) is 11.3. The summed E-state index contributed by atoms with van der Waals surface area (Å²) in [6.07, 6.45) is 0. The summed E-state index contributed by atoms with van der Waals surface area (Å²) in [4.78, 5) is 0. The fourth-order valence-corrected chi connectivity index (χ4v) is 3.67. The molecule has 0 aromatic heterocycles. The molecule has 0 rings (SSSR count). The largest absolute Gasteiger partial charge is 1.00 e. The zero-order chi connectivity index (χ0) is 9.83. The van der Waals surface area contributed by atoms with E-state index in [1.54, 1.807) is 0 Å². The molecule has 6 nitrogen and oxygen atoms in total. The van der Waals surface area contributed by atoms with Crippen LogP contribution in [0.15, 0.2) is 0 Å². The molecule has 0 N–H and O–H groups in total. The van der Waals surface area contributed by atoms with Crippen molar-refractivity contribution in [2.45, 2.75) is 0 Å². The van der Waals surface area contributed by atoms with Gasteiger partial charge in [0.2, 0.25) is 0 Å². The van der Waals surface area contributed by atoms with Gasteiger partial charge >= 0.3 is 59.1 Å². The smallest absolute Gasteiger partial charge is 0.739 e. The molecule has 0 aliphatic heterocycles. The van der Waals surface area contributed by atoms with E-state index in [1.807, 2.05) is 0 Å². The van der Waals surface area contributed by atoms with Crippen molar-refractivity contribution in [2.75, 3.05) is 11.5 Å². The quantitative estimate of drug-likeness (QED) is 0.213. The summed E-state index contributed by atoms with van der Waals surface area (Å²) in [5.74, 6) is -0.421. The molecule has 0 saturated carbocycles. The van der Waals surface area contributed by atoms with Crippen LogP contribution in [0.1, 0.15) is 0 Å². The molecular formula is C2H4Na2O6S4. The second kappa shape index (κ2) is 9.54. The molecule has 0 aromatic rings. The van der Waals surface area contributed by atoms with E-state index in [4.69, 9.17) is 0 Å². The maximum atomic E-state index is 9.93. The molecule has 0 aliphatic carbocycles. The third-order valence-electron chi connectivity index (χ3n) is 0.539. The molecule has 0 fully saturated rings. The van der Waals surface area contributed by atoms with Gasteiger partial charge in [0.25, 0.3) is 0 Å². The van der Waals surface area contributed by atoms with Crippen LogP contribution in [0.4, 0.5) is 0 Å². The second-order valence-electron chi connectivity index (χ2n) is 1.46. The van der Waals surface area contributed by atoms with Crippen LogP contribution in [0.3, 0.4) is 0 Å². The van der Waals surface area contributed by atoms with Crippen LogP contribution in [-0.2, 0) is 18.3 Å². The van der Waals surface area contributed by atoms with Gasteiger partial charge in [0.15, 0.2) is 0 Å². The summed E-state index contributed by atoms with van der Waals surface area (Å²) in [7, 11) is -8.64. The summed E-state index contributed by atoms with van der Waals surface area (Å²) in [5, 5.41) is 0. The van der Waals surface area contributed by atoms with E-state index in [9.17, 15) is 25.9 Å². The Morgan fingerprint density at radius 3 is 1.14 bits per heavy atom. The summed E-state index contributed by atoms with van der Waals surface area (Å²) in [6, 6.07) is 0. The van der Waals surface area contributed by atoms with E-state index in [0.717, 1.165) is 0 Å². The minimum absolute atomic E-state index is 0. The van der Waals surface area contributed by atoms with Gasteiger partial charge in [-0.3, -0.25) is 0 Å². The van der Waals surface area contributed by atoms with Crippen molar-refractivity contribution in [1.82, 2.24) is 0 Å². The first-order chi connectivity index (χ1) is 5.21. The third kappa shape index (κ3) is 20.0. The van der Waals surface area contributed by atoms with Gasteiger partial charge in [-0.15, -0.1) is 0 Å². The maximum Gasteiger partial charge on any atom is 1.00 e. The monoisotopic (exact) mass is 298 g/mol. The van der Waals surface area contributed by atoms with Crippen LogP contribution < -0.4 is 59.1 Å². The Kier molecular flexibility index (Phi) is 14.8. The van der Waals surface area contributed by atoms with E-state index in [1.165, 1.54) is 0 Å². The summed E-state index contributed by atoms with van der Waals surface area (Å²) in [6.45, 7) is 0. The minimum atomic E-state index is -4.39. The van der Waals surface area contributed by atoms with Gasteiger partial charge in [-0.25, -0.2) is 16.8 Å². The van der Waals surface area contributed by atoms with Crippen LogP contribution >= 0.6 is 21.6 Å². The van der Waals surface area contributed by atoms with Gasteiger partial charge in [-0.05, 0) is 21.6 Å². The number of hydrogen-bond donors (Lipinski definition) is 0. The van der Waals surface area contributed by atoms with E-state index >= 15 is 0 Å². The molecule has 0 heterocycles. The van der Waals surface area contributed by atoms with Crippen molar-refractivity contribution in [3.8, 4) is 0 Å². The van der Waals surface area contributed by atoms with Crippen molar-refractivity contribution in [1.29, 1.82) is 0 Å². The first-order valence-electron chi connectivity index (χ1n) is 2.41. The number of hydrogen-bond acceptors (Lipinski definition) is 8. The molecule has 0 radical (unpaired) electrons. The molecule has 74 valence electrons. The minimum Gasteiger partial charge on any atom is -0.739 e.